The van der Waals surface area contributed by atoms with Crippen LogP contribution in [-0.4, -0.2) is 70.2 Å². The van der Waals surface area contributed by atoms with E-state index in [0.29, 0.717) is 31.5 Å². The molecule has 202 valence electrons. The van der Waals surface area contributed by atoms with Gasteiger partial charge in [0.05, 0.1) is 18.7 Å². The summed E-state index contributed by atoms with van der Waals surface area (Å²) in [5, 5.41) is 9.83. The van der Waals surface area contributed by atoms with Crippen molar-refractivity contribution in [2.24, 2.45) is 0 Å². The Balaban J connectivity index is 1.34. The van der Waals surface area contributed by atoms with Crippen LogP contribution in [0.4, 0.5) is 4.39 Å². The SMILES string of the molecule is Cc1ccc(-c2ccccc2C(C)N2C=CCCC=C2C(=O)N2CCC(N3CCC(O)CC3)C(F)C2)cc1. The summed E-state index contributed by atoms with van der Waals surface area (Å²) < 4.78 is 15.4. The van der Waals surface area contributed by atoms with Gasteiger partial charge in [0, 0.05) is 31.9 Å². The predicted octanol–water partition coefficient (Wildman–Crippen LogP) is 5.61. The Kier molecular flexibility index (Phi) is 8.29. The zero-order valence-corrected chi connectivity index (χ0v) is 22.6. The lowest BCUT2D eigenvalue weighted by molar-refractivity contribution is -0.132. The molecule has 0 radical (unpaired) electrons. The molecular formula is C32H40FN3O2. The first kappa shape index (κ1) is 26.6. The number of likely N-dealkylation sites (tertiary alicyclic amines) is 2. The molecule has 2 aromatic rings. The summed E-state index contributed by atoms with van der Waals surface area (Å²) in [6, 6.07) is 16.7. The Morgan fingerprint density at radius 3 is 2.47 bits per heavy atom. The maximum absolute atomic E-state index is 15.4. The third-order valence-electron chi connectivity index (χ3n) is 8.39. The number of carbonyl (C=O) groups excluding carboxylic acids is 1. The molecule has 1 N–H and O–H groups in total. The van der Waals surface area contributed by atoms with Gasteiger partial charge in [0.2, 0.25) is 0 Å². The van der Waals surface area contributed by atoms with Crippen LogP contribution in [0.5, 0.6) is 0 Å². The molecule has 0 aliphatic carbocycles. The highest BCUT2D eigenvalue weighted by Gasteiger charge is 2.38. The number of nitrogens with zero attached hydrogens (tertiary/aromatic N) is 3. The van der Waals surface area contributed by atoms with Gasteiger partial charge >= 0.3 is 0 Å². The van der Waals surface area contributed by atoms with E-state index in [1.807, 2.05) is 18.3 Å². The molecule has 0 aromatic heterocycles. The van der Waals surface area contributed by atoms with Crippen LogP contribution in [0.25, 0.3) is 11.1 Å². The van der Waals surface area contributed by atoms with Crippen molar-refractivity contribution in [1.82, 2.24) is 14.7 Å². The molecule has 5 nitrogen and oxygen atoms in total. The highest BCUT2D eigenvalue weighted by atomic mass is 19.1. The Bertz CT molecular complexity index is 1170. The number of hydrogen-bond donors (Lipinski definition) is 1. The van der Waals surface area contributed by atoms with Crippen molar-refractivity contribution in [3.8, 4) is 11.1 Å². The normalized spacial score (nSPS) is 24.2. The predicted molar refractivity (Wildman–Crippen MR) is 150 cm³/mol. The number of carbonyl (C=O) groups is 1. The Hall–Kier alpha value is -2.96. The minimum Gasteiger partial charge on any atom is -0.393 e. The Morgan fingerprint density at radius 2 is 1.74 bits per heavy atom. The van der Waals surface area contributed by atoms with Crippen molar-refractivity contribution in [3.63, 3.8) is 0 Å². The second-order valence-corrected chi connectivity index (χ2v) is 11.0. The molecule has 3 aliphatic heterocycles. The highest BCUT2D eigenvalue weighted by Crippen LogP contribution is 2.35. The van der Waals surface area contributed by atoms with Crippen LogP contribution in [0, 0.1) is 6.92 Å². The zero-order valence-electron chi connectivity index (χ0n) is 22.6. The molecule has 0 bridgehead atoms. The van der Waals surface area contributed by atoms with Crippen molar-refractivity contribution >= 4 is 5.91 Å². The van der Waals surface area contributed by atoms with E-state index >= 15 is 4.39 Å². The van der Waals surface area contributed by atoms with Gasteiger partial charge in [-0.05, 0) is 62.6 Å². The first-order valence-corrected chi connectivity index (χ1v) is 14.1. The molecule has 38 heavy (non-hydrogen) atoms. The van der Waals surface area contributed by atoms with E-state index in [1.54, 1.807) is 4.90 Å². The summed E-state index contributed by atoms with van der Waals surface area (Å²) in [5.41, 5.74) is 5.31. The summed E-state index contributed by atoms with van der Waals surface area (Å²) in [4.78, 5) is 19.8. The van der Waals surface area contributed by atoms with Crippen molar-refractivity contribution in [2.75, 3.05) is 26.2 Å². The lowest BCUT2D eigenvalue weighted by atomic mass is 9.94. The van der Waals surface area contributed by atoms with Crippen LogP contribution in [0.3, 0.4) is 0 Å². The minimum atomic E-state index is -1.09. The zero-order chi connectivity index (χ0) is 26.6. The van der Waals surface area contributed by atoms with Crippen molar-refractivity contribution in [2.45, 2.75) is 70.3 Å². The quantitative estimate of drug-likeness (QED) is 0.560. The van der Waals surface area contributed by atoms with Crippen molar-refractivity contribution in [1.29, 1.82) is 0 Å². The fourth-order valence-electron chi connectivity index (χ4n) is 6.10. The van der Waals surface area contributed by atoms with E-state index in [1.165, 1.54) is 5.56 Å². The number of aliphatic hydroxyl groups is 1. The molecule has 2 saturated heterocycles. The number of alkyl halides is 1. The maximum Gasteiger partial charge on any atom is 0.270 e. The van der Waals surface area contributed by atoms with Crippen LogP contribution < -0.4 is 0 Å². The maximum atomic E-state index is 15.4. The Morgan fingerprint density at radius 1 is 1.00 bits per heavy atom. The van der Waals surface area contributed by atoms with E-state index in [9.17, 15) is 9.90 Å². The summed E-state index contributed by atoms with van der Waals surface area (Å²) in [7, 11) is 0. The molecule has 3 unspecified atom stereocenters. The van der Waals surface area contributed by atoms with E-state index < -0.39 is 6.17 Å². The average molecular weight is 518 g/mol. The van der Waals surface area contributed by atoms with Crippen molar-refractivity contribution in [3.05, 3.63) is 83.7 Å². The molecule has 5 rings (SSSR count). The van der Waals surface area contributed by atoms with Crippen LogP contribution in [0.1, 0.15) is 56.2 Å². The molecule has 6 heteroatoms. The van der Waals surface area contributed by atoms with Gasteiger partial charge in [-0.3, -0.25) is 9.69 Å². The molecule has 2 fully saturated rings. The first-order chi connectivity index (χ1) is 18.4. The summed E-state index contributed by atoms with van der Waals surface area (Å²) in [5.74, 6) is -0.0913. The van der Waals surface area contributed by atoms with E-state index in [4.69, 9.17) is 0 Å². The number of piperidine rings is 2. The molecule has 3 heterocycles. The van der Waals surface area contributed by atoms with Crippen LogP contribution in [0.2, 0.25) is 0 Å². The van der Waals surface area contributed by atoms with Gasteiger partial charge in [-0.1, -0.05) is 66.2 Å². The lowest BCUT2D eigenvalue weighted by Gasteiger charge is -2.43. The summed E-state index contributed by atoms with van der Waals surface area (Å²) in [6.07, 6.45) is 8.49. The molecule has 3 atom stereocenters. The number of amides is 1. The number of rotatable bonds is 5. The van der Waals surface area contributed by atoms with Gasteiger partial charge in [-0.15, -0.1) is 0 Å². The minimum absolute atomic E-state index is 0.0736. The lowest BCUT2D eigenvalue weighted by Crippen LogP contribution is -2.56. The molecular weight excluding hydrogens is 477 g/mol. The van der Waals surface area contributed by atoms with E-state index in [2.05, 4.69) is 72.2 Å². The first-order valence-electron chi connectivity index (χ1n) is 14.1. The number of aliphatic hydroxyl groups excluding tert-OH is 1. The number of hydrogen-bond acceptors (Lipinski definition) is 4. The smallest absolute Gasteiger partial charge is 0.270 e. The van der Waals surface area contributed by atoms with Crippen LogP contribution in [0.15, 0.2) is 72.6 Å². The fraction of sp³-hybridized carbons (Fsp3) is 0.469. The number of benzene rings is 2. The van der Waals surface area contributed by atoms with Crippen LogP contribution in [-0.2, 0) is 4.79 Å². The third kappa shape index (κ3) is 5.71. The largest absolute Gasteiger partial charge is 0.393 e. The van der Waals surface area contributed by atoms with Gasteiger partial charge in [0.25, 0.3) is 5.91 Å². The fourth-order valence-corrected chi connectivity index (χ4v) is 6.10. The second kappa shape index (κ2) is 11.8. The summed E-state index contributed by atoms with van der Waals surface area (Å²) >= 11 is 0. The van der Waals surface area contributed by atoms with Crippen LogP contribution >= 0.6 is 0 Å². The summed E-state index contributed by atoms with van der Waals surface area (Å²) in [6.45, 7) is 6.34. The third-order valence-corrected chi connectivity index (χ3v) is 8.39. The van der Waals surface area contributed by atoms with Gasteiger partial charge in [-0.2, -0.15) is 0 Å². The van der Waals surface area contributed by atoms with Gasteiger partial charge in [0.15, 0.2) is 0 Å². The van der Waals surface area contributed by atoms with Gasteiger partial charge < -0.3 is 14.9 Å². The van der Waals surface area contributed by atoms with E-state index in [0.717, 1.165) is 42.6 Å². The second-order valence-electron chi connectivity index (χ2n) is 11.0. The molecule has 1 amide bonds. The monoisotopic (exact) mass is 517 g/mol. The number of halogens is 1. The Labute approximate surface area is 226 Å². The average Bonchev–Trinajstić information content (AvgIpc) is 3.19. The highest BCUT2D eigenvalue weighted by molar-refractivity contribution is 5.93. The number of aryl methyl sites for hydroxylation is 1. The van der Waals surface area contributed by atoms with Crippen molar-refractivity contribution < 1.29 is 14.3 Å². The standard InChI is InChI=1S/C32H40FN3O2/c1-23-11-13-25(14-12-23)28-9-6-5-8-27(28)24(2)36-18-7-3-4-10-31(36)32(38)35-21-17-30(29(33)22-35)34-19-15-26(37)16-20-34/h5-14,18,24,26,29-30,37H,3-4,15-17,19-22H2,1-2H3. The molecule has 2 aromatic carbocycles. The van der Waals surface area contributed by atoms with Gasteiger partial charge in [0.1, 0.15) is 11.9 Å². The molecule has 0 spiro atoms. The molecule has 3 aliphatic rings. The van der Waals surface area contributed by atoms with E-state index in [-0.39, 0.29) is 30.6 Å². The van der Waals surface area contributed by atoms with Gasteiger partial charge in [-0.25, -0.2) is 4.39 Å². The topological polar surface area (TPSA) is 47.0 Å². The molecule has 0 saturated carbocycles. The number of allylic oxidation sites excluding steroid dienone is 2.